The van der Waals surface area contributed by atoms with Gasteiger partial charge in [0.05, 0.1) is 18.8 Å². The van der Waals surface area contributed by atoms with Gasteiger partial charge < -0.3 is 14.6 Å². The number of pyridine rings is 1. The summed E-state index contributed by atoms with van der Waals surface area (Å²) in [6.45, 7) is 4.08. The van der Waals surface area contributed by atoms with Crippen LogP contribution in [0.25, 0.3) is 0 Å². The van der Waals surface area contributed by atoms with E-state index < -0.39 is 0 Å². The fourth-order valence-electron chi connectivity index (χ4n) is 2.27. The molecule has 2 rings (SSSR count). The standard InChI is InChI=1S/C13H19NO3/c1-9-5-12(6-10(2)16-9)17-13-3-4-14-7-11(13)8-15/h3-4,7,9-10,12,15H,5-6,8H2,1-2H3. The average molecular weight is 237 g/mol. The Kier molecular flexibility index (Phi) is 3.97. The van der Waals surface area contributed by atoms with Gasteiger partial charge in [0.25, 0.3) is 0 Å². The van der Waals surface area contributed by atoms with Crippen molar-refractivity contribution in [2.45, 2.75) is 51.6 Å². The number of aromatic nitrogens is 1. The van der Waals surface area contributed by atoms with Gasteiger partial charge >= 0.3 is 0 Å². The van der Waals surface area contributed by atoms with Crippen LogP contribution in [-0.2, 0) is 11.3 Å². The van der Waals surface area contributed by atoms with E-state index in [4.69, 9.17) is 9.47 Å². The predicted molar refractivity (Wildman–Crippen MR) is 63.8 cm³/mol. The van der Waals surface area contributed by atoms with Crippen LogP contribution in [0, 0.1) is 0 Å². The number of hydrogen-bond donors (Lipinski definition) is 1. The SMILES string of the molecule is CC1CC(Oc2ccncc2CO)CC(C)O1. The van der Waals surface area contributed by atoms with Gasteiger partial charge in [-0.3, -0.25) is 4.98 Å². The molecule has 1 aromatic heterocycles. The second-order valence-electron chi connectivity index (χ2n) is 4.61. The topological polar surface area (TPSA) is 51.6 Å². The maximum atomic E-state index is 9.21. The molecular formula is C13H19NO3. The summed E-state index contributed by atoms with van der Waals surface area (Å²) in [5.41, 5.74) is 0.735. The van der Waals surface area contributed by atoms with E-state index in [1.807, 2.05) is 0 Å². The first-order valence-electron chi connectivity index (χ1n) is 6.05. The monoisotopic (exact) mass is 237 g/mol. The summed E-state index contributed by atoms with van der Waals surface area (Å²) in [5, 5.41) is 9.21. The lowest BCUT2D eigenvalue weighted by Crippen LogP contribution is -2.35. The zero-order valence-electron chi connectivity index (χ0n) is 10.3. The summed E-state index contributed by atoms with van der Waals surface area (Å²) >= 11 is 0. The lowest BCUT2D eigenvalue weighted by molar-refractivity contribution is -0.0724. The summed E-state index contributed by atoms with van der Waals surface area (Å²) in [5.74, 6) is 0.730. The third-order valence-corrected chi connectivity index (χ3v) is 2.98. The molecule has 1 fully saturated rings. The Morgan fingerprint density at radius 2 is 2.12 bits per heavy atom. The smallest absolute Gasteiger partial charge is 0.128 e. The van der Waals surface area contributed by atoms with Crippen molar-refractivity contribution in [3.63, 3.8) is 0 Å². The molecule has 1 aliphatic rings. The molecular weight excluding hydrogens is 218 g/mol. The van der Waals surface area contributed by atoms with Crippen molar-refractivity contribution >= 4 is 0 Å². The molecule has 2 atom stereocenters. The fraction of sp³-hybridized carbons (Fsp3) is 0.615. The zero-order chi connectivity index (χ0) is 12.3. The predicted octanol–water partition coefficient (Wildman–Crippen LogP) is 1.91. The normalized spacial score (nSPS) is 29.0. The Hall–Kier alpha value is -1.13. The maximum absolute atomic E-state index is 9.21. The molecule has 0 spiro atoms. The van der Waals surface area contributed by atoms with Crippen molar-refractivity contribution in [1.82, 2.24) is 4.98 Å². The summed E-state index contributed by atoms with van der Waals surface area (Å²) in [6, 6.07) is 1.80. The van der Waals surface area contributed by atoms with Gasteiger partial charge in [-0.1, -0.05) is 0 Å². The highest BCUT2D eigenvalue weighted by Gasteiger charge is 2.26. The van der Waals surface area contributed by atoms with E-state index in [1.54, 1.807) is 18.5 Å². The van der Waals surface area contributed by atoms with E-state index in [-0.39, 0.29) is 24.9 Å². The molecule has 1 aromatic rings. The van der Waals surface area contributed by atoms with E-state index in [1.165, 1.54) is 0 Å². The summed E-state index contributed by atoms with van der Waals surface area (Å²) in [7, 11) is 0. The van der Waals surface area contributed by atoms with Gasteiger partial charge in [-0.05, 0) is 19.9 Å². The summed E-state index contributed by atoms with van der Waals surface area (Å²) in [4.78, 5) is 3.97. The van der Waals surface area contributed by atoms with Crippen LogP contribution < -0.4 is 4.74 Å². The molecule has 0 bridgehead atoms. The minimum atomic E-state index is -0.0441. The fourth-order valence-corrected chi connectivity index (χ4v) is 2.27. The van der Waals surface area contributed by atoms with E-state index in [0.29, 0.717) is 0 Å². The minimum absolute atomic E-state index is 0.0441. The van der Waals surface area contributed by atoms with Crippen LogP contribution in [0.2, 0.25) is 0 Å². The highest BCUT2D eigenvalue weighted by atomic mass is 16.5. The van der Waals surface area contributed by atoms with Gasteiger partial charge in [0.15, 0.2) is 0 Å². The molecule has 1 N–H and O–H groups in total. The molecule has 0 aliphatic carbocycles. The molecule has 2 unspecified atom stereocenters. The Bertz CT molecular complexity index is 359. The molecule has 0 aromatic carbocycles. The van der Waals surface area contributed by atoms with E-state index in [2.05, 4.69) is 18.8 Å². The van der Waals surface area contributed by atoms with Gasteiger partial charge in [-0.25, -0.2) is 0 Å². The molecule has 4 nitrogen and oxygen atoms in total. The van der Waals surface area contributed by atoms with Crippen molar-refractivity contribution in [2.24, 2.45) is 0 Å². The first-order valence-corrected chi connectivity index (χ1v) is 6.05. The molecule has 94 valence electrons. The zero-order valence-corrected chi connectivity index (χ0v) is 10.3. The number of nitrogens with zero attached hydrogens (tertiary/aromatic N) is 1. The first kappa shape index (κ1) is 12.3. The van der Waals surface area contributed by atoms with E-state index in [0.717, 1.165) is 24.2 Å². The third-order valence-electron chi connectivity index (χ3n) is 2.98. The first-order chi connectivity index (χ1) is 8.19. The number of ether oxygens (including phenoxy) is 2. The van der Waals surface area contributed by atoms with Crippen LogP contribution in [0.4, 0.5) is 0 Å². The Morgan fingerprint density at radius 3 is 2.76 bits per heavy atom. The quantitative estimate of drug-likeness (QED) is 0.872. The van der Waals surface area contributed by atoms with Crippen LogP contribution in [0.15, 0.2) is 18.5 Å². The molecule has 1 aliphatic heterocycles. The lowest BCUT2D eigenvalue weighted by Gasteiger charge is -2.32. The van der Waals surface area contributed by atoms with Crippen molar-refractivity contribution in [2.75, 3.05) is 0 Å². The van der Waals surface area contributed by atoms with Crippen molar-refractivity contribution < 1.29 is 14.6 Å². The van der Waals surface area contributed by atoms with Crippen LogP contribution >= 0.6 is 0 Å². The van der Waals surface area contributed by atoms with Crippen LogP contribution in [-0.4, -0.2) is 28.4 Å². The van der Waals surface area contributed by atoms with Gasteiger partial charge in [-0.15, -0.1) is 0 Å². The van der Waals surface area contributed by atoms with Crippen molar-refractivity contribution in [1.29, 1.82) is 0 Å². The average Bonchev–Trinajstić information content (AvgIpc) is 2.28. The summed E-state index contributed by atoms with van der Waals surface area (Å²) < 4.78 is 11.6. The molecule has 17 heavy (non-hydrogen) atoms. The largest absolute Gasteiger partial charge is 0.490 e. The Labute approximate surface area is 102 Å². The lowest BCUT2D eigenvalue weighted by atomic mass is 10.0. The Balaban J connectivity index is 2.04. The molecule has 0 saturated carbocycles. The number of aliphatic hydroxyl groups excluding tert-OH is 1. The van der Waals surface area contributed by atoms with Crippen LogP contribution in [0.5, 0.6) is 5.75 Å². The van der Waals surface area contributed by atoms with E-state index >= 15 is 0 Å². The van der Waals surface area contributed by atoms with Gasteiger partial charge in [0, 0.05) is 30.8 Å². The molecule has 0 amide bonds. The molecule has 4 heteroatoms. The molecule has 1 saturated heterocycles. The number of aliphatic hydroxyl groups is 1. The van der Waals surface area contributed by atoms with Crippen LogP contribution in [0.1, 0.15) is 32.3 Å². The molecule has 2 heterocycles. The van der Waals surface area contributed by atoms with E-state index in [9.17, 15) is 5.11 Å². The van der Waals surface area contributed by atoms with Gasteiger partial charge in [0.1, 0.15) is 11.9 Å². The van der Waals surface area contributed by atoms with Gasteiger partial charge in [0.2, 0.25) is 0 Å². The van der Waals surface area contributed by atoms with Crippen molar-refractivity contribution in [3.05, 3.63) is 24.0 Å². The highest BCUT2D eigenvalue weighted by molar-refractivity contribution is 5.29. The second kappa shape index (κ2) is 5.47. The van der Waals surface area contributed by atoms with Gasteiger partial charge in [-0.2, -0.15) is 0 Å². The second-order valence-corrected chi connectivity index (χ2v) is 4.61. The number of hydrogen-bond acceptors (Lipinski definition) is 4. The van der Waals surface area contributed by atoms with Crippen molar-refractivity contribution in [3.8, 4) is 5.75 Å². The van der Waals surface area contributed by atoms with Crippen LogP contribution in [0.3, 0.4) is 0 Å². The Morgan fingerprint density at radius 1 is 1.41 bits per heavy atom. The maximum Gasteiger partial charge on any atom is 0.128 e. The summed E-state index contributed by atoms with van der Waals surface area (Å²) in [6.07, 6.45) is 5.70. The third kappa shape index (κ3) is 3.17. The number of rotatable bonds is 3. The highest BCUT2D eigenvalue weighted by Crippen LogP contribution is 2.25. The molecule has 0 radical (unpaired) electrons. The minimum Gasteiger partial charge on any atom is -0.490 e.